The van der Waals surface area contributed by atoms with Crippen LogP contribution in [0, 0.1) is 15.9 Å². The fourth-order valence-corrected chi connectivity index (χ4v) is 1.92. The van der Waals surface area contributed by atoms with Crippen molar-refractivity contribution in [3.05, 3.63) is 50.6 Å². The zero-order chi connectivity index (χ0) is 14.9. The highest BCUT2D eigenvalue weighted by molar-refractivity contribution is 6.33. The Labute approximate surface area is 122 Å². The molecule has 1 aromatic carbocycles. The first kappa shape index (κ1) is 14.4. The molecule has 0 fully saturated rings. The normalized spacial score (nSPS) is 10.4. The number of rotatable bonds is 3. The summed E-state index contributed by atoms with van der Waals surface area (Å²) in [4.78, 5) is 18.7. The van der Waals surface area contributed by atoms with E-state index >= 15 is 0 Å². The van der Waals surface area contributed by atoms with Gasteiger partial charge in [0.25, 0.3) is 5.69 Å². The smallest absolute Gasteiger partial charge is 0.288 e. The topological polar surface area (TPSA) is 72.2 Å². The van der Waals surface area contributed by atoms with Crippen molar-refractivity contribution in [2.45, 2.75) is 0 Å². The summed E-state index contributed by atoms with van der Waals surface area (Å²) >= 11 is 11.4. The monoisotopic (exact) mass is 316 g/mol. The third kappa shape index (κ3) is 2.78. The van der Waals surface area contributed by atoms with Crippen LogP contribution < -0.4 is 4.90 Å². The highest BCUT2D eigenvalue weighted by Gasteiger charge is 2.17. The minimum Gasteiger partial charge on any atom is -0.327 e. The van der Waals surface area contributed by atoms with Crippen LogP contribution in [0.25, 0.3) is 0 Å². The molecule has 6 nitrogen and oxygen atoms in total. The van der Waals surface area contributed by atoms with Crippen molar-refractivity contribution in [2.24, 2.45) is 0 Å². The van der Waals surface area contributed by atoms with E-state index in [-0.39, 0.29) is 21.8 Å². The maximum Gasteiger partial charge on any atom is 0.288 e. The maximum atomic E-state index is 13.6. The number of anilines is 2. The molecule has 20 heavy (non-hydrogen) atoms. The van der Waals surface area contributed by atoms with Gasteiger partial charge in [-0.1, -0.05) is 11.6 Å². The molecule has 0 radical (unpaired) electrons. The first-order valence-electron chi connectivity index (χ1n) is 5.26. The van der Waals surface area contributed by atoms with Gasteiger partial charge in [0, 0.05) is 18.8 Å². The van der Waals surface area contributed by atoms with Crippen molar-refractivity contribution in [1.82, 2.24) is 9.97 Å². The molecule has 1 heterocycles. The van der Waals surface area contributed by atoms with Crippen LogP contribution >= 0.6 is 23.2 Å². The molecule has 0 atom stereocenters. The minimum atomic E-state index is -0.675. The van der Waals surface area contributed by atoms with Crippen LogP contribution in [0.5, 0.6) is 0 Å². The van der Waals surface area contributed by atoms with E-state index in [1.54, 1.807) is 0 Å². The maximum absolute atomic E-state index is 13.6. The zero-order valence-electron chi connectivity index (χ0n) is 10.0. The molecule has 0 amide bonds. The Hall–Kier alpha value is -1.99. The van der Waals surface area contributed by atoms with Crippen LogP contribution in [-0.2, 0) is 0 Å². The quantitative estimate of drug-likeness (QED) is 0.491. The molecule has 9 heteroatoms. The van der Waals surface area contributed by atoms with Crippen LogP contribution in [0.2, 0.25) is 10.3 Å². The van der Waals surface area contributed by atoms with E-state index in [1.807, 2.05) is 0 Å². The number of nitrogens with zero attached hydrogens (tertiary/aromatic N) is 4. The molecule has 1 aromatic heterocycles. The molecule has 0 aliphatic rings. The molecular weight excluding hydrogens is 310 g/mol. The van der Waals surface area contributed by atoms with Gasteiger partial charge in [-0.3, -0.25) is 10.1 Å². The largest absolute Gasteiger partial charge is 0.327 e. The molecule has 0 saturated carbocycles. The molecule has 0 saturated heterocycles. The second kappa shape index (κ2) is 5.56. The average Bonchev–Trinajstić information content (AvgIpc) is 2.40. The molecule has 0 spiro atoms. The molecular formula is C11H7Cl2FN4O2. The number of hydrogen-bond donors (Lipinski definition) is 0. The molecule has 0 unspecified atom stereocenters. The summed E-state index contributed by atoms with van der Waals surface area (Å²) in [7, 11) is 1.53. The molecule has 0 bridgehead atoms. The SMILES string of the molecule is CN(c1ccc([N+](=O)[O-])c(Cl)c1)c1nc(Cl)ncc1F. The van der Waals surface area contributed by atoms with Crippen molar-refractivity contribution < 1.29 is 9.31 Å². The molecule has 2 aromatic rings. The zero-order valence-corrected chi connectivity index (χ0v) is 11.6. The van der Waals surface area contributed by atoms with Gasteiger partial charge in [-0.05, 0) is 23.7 Å². The second-order valence-corrected chi connectivity index (χ2v) is 4.51. The molecule has 0 aliphatic heterocycles. The van der Waals surface area contributed by atoms with E-state index < -0.39 is 10.7 Å². The predicted molar refractivity (Wildman–Crippen MR) is 73.2 cm³/mol. The van der Waals surface area contributed by atoms with Crippen LogP contribution in [0.3, 0.4) is 0 Å². The number of hydrogen-bond acceptors (Lipinski definition) is 5. The number of aromatic nitrogens is 2. The number of benzene rings is 1. The molecule has 0 N–H and O–H groups in total. The molecule has 104 valence electrons. The third-order valence-corrected chi connectivity index (χ3v) is 3.01. The summed E-state index contributed by atoms with van der Waals surface area (Å²) in [6, 6.07) is 4.00. The Morgan fingerprint density at radius 3 is 2.70 bits per heavy atom. The lowest BCUT2D eigenvalue weighted by atomic mass is 10.2. The van der Waals surface area contributed by atoms with Crippen LogP contribution in [0.1, 0.15) is 0 Å². The van der Waals surface area contributed by atoms with E-state index in [0.717, 1.165) is 6.20 Å². The van der Waals surface area contributed by atoms with Gasteiger partial charge in [-0.15, -0.1) is 0 Å². The fourth-order valence-electron chi connectivity index (χ4n) is 1.55. The van der Waals surface area contributed by atoms with Gasteiger partial charge in [0.1, 0.15) is 5.02 Å². The van der Waals surface area contributed by atoms with Crippen LogP contribution in [0.4, 0.5) is 21.6 Å². The van der Waals surface area contributed by atoms with Crippen LogP contribution in [0.15, 0.2) is 24.4 Å². The lowest BCUT2D eigenvalue weighted by Gasteiger charge is -2.18. The van der Waals surface area contributed by atoms with Crippen molar-refractivity contribution in [1.29, 1.82) is 0 Å². The molecule has 0 aliphatic carbocycles. The van der Waals surface area contributed by atoms with Gasteiger partial charge in [-0.2, -0.15) is 4.98 Å². The first-order chi connectivity index (χ1) is 9.40. The number of halogens is 3. The summed E-state index contributed by atoms with van der Waals surface area (Å²) in [5, 5.41) is 10.5. The standard InChI is InChI=1S/C11H7Cl2FN4O2/c1-17(10-8(14)5-15-11(13)16-10)6-2-3-9(18(19)20)7(12)4-6/h2-5H,1H3. The highest BCUT2D eigenvalue weighted by atomic mass is 35.5. The number of nitro groups is 1. The van der Waals surface area contributed by atoms with Gasteiger partial charge >= 0.3 is 0 Å². The van der Waals surface area contributed by atoms with Gasteiger partial charge in [0.2, 0.25) is 5.28 Å². The van der Waals surface area contributed by atoms with E-state index in [4.69, 9.17) is 23.2 Å². The van der Waals surface area contributed by atoms with Gasteiger partial charge in [0.05, 0.1) is 11.1 Å². The summed E-state index contributed by atoms with van der Waals surface area (Å²) in [5.74, 6) is -0.735. The van der Waals surface area contributed by atoms with E-state index in [9.17, 15) is 14.5 Å². The summed E-state index contributed by atoms with van der Waals surface area (Å²) in [5.41, 5.74) is 0.194. The van der Waals surface area contributed by atoms with Crippen molar-refractivity contribution in [3.63, 3.8) is 0 Å². The lowest BCUT2D eigenvalue weighted by Crippen LogP contribution is -2.13. The lowest BCUT2D eigenvalue weighted by molar-refractivity contribution is -0.384. The first-order valence-corrected chi connectivity index (χ1v) is 6.01. The molecule has 2 rings (SSSR count). The summed E-state index contributed by atoms with van der Waals surface area (Å²) < 4.78 is 13.6. The Kier molecular flexibility index (Phi) is 4.01. The average molecular weight is 317 g/mol. The fraction of sp³-hybridized carbons (Fsp3) is 0.0909. The Morgan fingerprint density at radius 2 is 2.10 bits per heavy atom. The summed E-state index contributed by atoms with van der Waals surface area (Å²) in [6.07, 6.45) is 0.939. The van der Waals surface area contributed by atoms with E-state index in [1.165, 1.54) is 30.1 Å². The van der Waals surface area contributed by atoms with Gasteiger partial charge in [0.15, 0.2) is 11.6 Å². The third-order valence-electron chi connectivity index (χ3n) is 2.53. The van der Waals surface area contributed by atoms with Gasteiger partial charge < -0.3 is 4.90 Å². The van der Waals surface area contributed by atoms with Crippen molar-refractivity contribution in [3.8, 4) is 0 Å². The highest BCUT2D eigenvalue weighted by Crippen LogP contribution is 2.32. The predicted octanol–water partition coefficient (Wildman–Crippen LogP) is 3.60. The van der Waals surface area contributed by atoms with E-state index in [2.05, 4.69) is 9.97 Å². The van der Waals surface area contributed by atoms with Crippen molar-refractivity contribution >= 4 is 40.4 Å². The van der Waals surface area contributed by atoms with E-state index in [0.29, 0.717) is 5.69 Å². The Bertz CT molecular complexity index is 683. The Morgan fingerprint density at radius 1 is 1.40 bits per heavy atom. The summed E-state index contributed by atoms with van der Waals surface area (Å²) in [6.45, 7) is 0. The van der Waals surface area contributed by atoms with Crippen LogP contribution in [-0.4, -0.2) is 21.9 Å². The van der Waals surface area contributed by atoms with Crippen molar-refractivity contribution in [2.75, 3.05) is 11.9 Å². The second-order valence-electron chi connectivity index (χ2n) is 3.76. The Balaban J connectivity index is 2.43. The number of nitro benzene ring substituents is 1. The minimum absolute atomic E-state index is 0.0556. The van der Waals surface area contributed by atoms with Gasteiger partial charge in [-0.25, -0.2) is 9.37 Å².